The Balaban J connectivity index is 1.19. The van der Waals surface area contributed by atoms with Crippen molar-refractivity contribution in [1.82, 2.24) is 14.8 Å². The third-order valence-electron chi connectivity index (χ3n) is 7.07. The van der Waals surface area contributed by atoms with E-state index in [1.807, 2.05) is 31.2 Å². The number of rotatable bonds is 17. The van der Waals surface area contributed by atoms with E-state index in [1.165, 1.54) is 24.0 Å². The van der Waals surface area contributed by atoms with Crippen LogP contribution in [0.4, 0.5) is 13.2 Å². The first-order valence-electron chi connectivity index (χ1n) is 14.4. The molecule has 2 aromatic heterocycles. The molecule has 2 aromatic carbocycles. The average molecular weight is 626 g/mol. The number of carboxylic acids is 1. The van der Waals surface area contributed by atoms with Gasteiger partial charge in [0.2, 0.25) is 5.89 Å². The van der Waals surface area contributed by atoms with E-state index in [9.17, 15) is 22.8 Å². The number of ether oxygens (including phenoxy) is 2. The average Bonchev–Trinajstić information content (AvgIpc) is 3.66. The highest BCUT2D eigenvalue weighted by atomic mass is 19.4. The first-order valence-corrected chi connectivity index (χ1v) is 14.4. The van der Waals surface area contributed by atoms with Crippen LogP contribution >= 0.6 is 0 Å². The topological polar surface area (TPSA) is 117 Å². The Morgan fingerprint density at radius 1 is 1.09 bits per heavy atom. The second-order valence-corrected chi connectivity index (χ2v) is 10.4. The molecule has 0 aliphatic carbocycles. The summed E-state index contributed by atoms with van der Waals surface area (Å²) >= 11 is 0. The molecule has 0 spiro atoms. The summed E-state index contributed by atoms with van der Waals surface area (Å²) in [5, 5.41) is 13.4. The number of benzene rings is 2. The Morgan fingerprint density at radius 2 is 1.87 bits per heavy atom. The lowest BCUT2D eigenvalue weighted by Crippen LogP contribution is -2.26. The Hall–Kier alpha value is -4.71. The molecule has 0 amide bonds. The number of aliphatic carboxylic acids is 1. The number of nitrogens with zero attached hydrogens (tertiary/aromatic N) is 3. The van der Waals surface area contributed by atoms with E-state index in [2.05, 4.69) is 10.1 Å². The standard InChI is InChI=1S/C33H34F3N3O6/c1-23-20-29(44-21-27-22-45-31(38-27)13-8-24-6-10-26(11-7-24)33(34,35)36)12-9-25(23)4-2-3-5-28-14-16-37-39(28)17-19-43-30(15-18-40)32(41)42/h6-14,16,18,20,22,30H,2-5,15,17,19,21H2,1H3,(H,41,42)/b13-8+. The van der Waals surface area contributed by atoms with Gasteiger partial charge in [0.15, 0.2) is 6.10 Å². The van der Waals surface area contributed by atoms with Crippen molar-refractivity contribution in [1.29, 1.82) is 0 Å². The zero-order chi connectivity index (χ0) is 32.2. The highest BCUT2D eigenvalue weighted by Crippen LogP contribution is 2.29. The summed E-state index contributed by atoms with van der Waals surface area (Å²) in [6, 6.07) is 12.7. The number of carbonyl (C=O) groups excluding carboxylic acids is 1. The molecule has 2 heterocycles. The number of aldehydes is 1. The normalized spacial score (nSPS) is 12.4. The van der Waals surface area contributed by atoms with Crippen molar-refractivity contribution >= 4 is 24.4 Å². The molecule has 0 aliphatic heterocycles. The predicted octanol–water partition coefficient (Wildman–Crippen LogP) is 6.57. The SMILES string of the molecule is Cc1cc(OCc2coc(/C=C/c3ccc(C(F)(F)F)cc3)n2)ccc1CCCCc1ccnn1CCOC(CC=O)C(=O)O. The number of alkyl halides is 3. The Kier molecular flexibility index (Phi) is 11.7. The Morgan fingerprint density at radius 3 is 2.58 bits per heavy atom. The number of hydrogen-bond acceptors (Lipinski definition) is 7. The molecule has 1 N–H and O–H groups in total. The van der Waals surface area contributed by atoms with Gasteiger partial charge >= 0.3 is 12.1 Å². The van der Waals surface area contributed by atoms with E-state index < -0.39 is 23.8 Å². The Labute approximate surface area is 258 Å². The molecule has 45 heavy (non-hydrogen) atoms. The molecule has 1 atom stereocenters. The molecule has 238 valence electrons. The first-order chi connectivity index (χ1) is 21.6. The fourth-order valence-corrected chi connectivity index (χ4v) is 4.62. The Bertz CT molecular complexity index is 1580. The van der Waals surface area contributed by atoms with Crippen LogP contribution in [0.15, 0.2) is 65.4 Å². The maximum absolute atomic E-state index is 12.7. The van der Waals surface area contributed by atoms with Gasteiger partial charge in [-0.3, -0.25) is 4.68 Å². The van der Waals surface area contributed by atoms with Gasteiger partial charge in [0.05, 0.1) is 18.7 Å². The van der Waals surface area contributed by atoms with Crippen LogP contribution in [-0.2, 0) is 46.5 Å². The number of halogens is 3. The number of carboxylic acid groups (broad SMARTS) is 1. The zero-order valence-electron chi connectivity index (χ0n) is 24.7. The number of hydrogen-bond donors (Lipinski definition) is 1. The van der Waals surface area contributed by atoms with Crippen LogP contribution in [0.25, 0.3) is 12.2 Å². The van der Waals surface area contributed by atoms with Crippen LogP contribution in [0.5, 0.6) is 5.75 Å². The quantitative estimate of drug-likeness (QED) is 0.103. The lowest BCUT2D eigenvalue weighted by Gasteiger charge is -2.12. The summed E-state index contributed by atoms with van der Waals surface area (Å²) in [7, 11) is 0. The second-order valence-electron chi connectivity index (χ2n) is 10.4. The van der Waals surface area contributed by atoms with Gasteiger partial charge < -0.3 is 23.8 Å². The van der Waals surface area contributed by atoms with E-state index in [0.717, 1.165) is 49.1 Å². The second kappa shape index (κ2) is 15.8. The van der Waals surface area contributed by atoms with Gasteiger partial charge in [0.1, 0.15) is 30.6 Å². The maximum atomic E-state index is 12.7. The van der Waals surface area contributed by atoms with Gasteiger partial charge in [-0.1, -0.05) is 18.2 Å². The monoisotopic (exact) mass is 625 g/mol. The van der Waals surface area contributed by atoms with Crippen molar-refractivity contribution in [2.75, 3.05) is 6.61 Å². The first kappa shape index (κ1) is 33.2. The molecule has 0 aliphatic rings. The molecule has 0 saturated heterocycles. The summed E-state index contributed by atoms with van der Waals surface area (Å²) < 4.78 is 56.6. The van der Waals surface area contributed by atoms with E-state index in [-0.39, 0.29) is 19.6 Å². The fourth-order valence-electron chi connectivity index (χ4n) is 4.62. The molecule has 12 heteroatoms. The third kappa shape index (κ3) is 10.2. The van der Waals surface area contributed by atoms with Crippen molar-refractivity contribution in [3.8, 4) is 5.75 Å². The zero-order valence-corrected chi connectivity index (χ0v) is 24.7. The largest absolute Gasteiger partial charge is 0.487 e. The third-order valence-corrected chi connectivity index (χ3v) is 7.07. The van der Waals surface area contributed by atoms with Crippen molar-refractivity contribution in [3.63, 3.8) is 0 Å². The lowest BCUT2D eigenvalue weighted by atomic mass is 10.0. The summed E-state index contributed by atoms with van der Waals surface area (Å²) in [6.07, 6.45) is 4.84. The molecular formula is C33H34F3N3O6. The molecule has 0 saturated carbocycles. The van der Waals surface area contributed by atoms with Gasteiger partial charge in [-0.25, -0.2) is 9.78 Å². The maximum Gasteiger partial charge on any atom is 0.416 e. The van der Waals surface area contributed by atoms with E-state index in [1.54, 1.807) is 23.0 Å². The minimum atomic E-state index is -4.37. The van der Waals surface area contributed by atoms with Crippen molar-refractivity contribution in [2.45, 2.75) is 64.5 Å². The van der Waals surface area contributed by atoms with Crippen LogP contribution in [-0.4, -0.2) is 44.8 Å². The van der Waals surface area contributed by atoms with E-state index in [0.29, 0.717) is 35.7 Å². The molecule has 9 nitrogen and oxygen atoms in total. The number of oxazole rings is 1. The smallest absolute Gasteiger partial charge is 0.416 e. The summed E-state index contributed by atoms with van der Waals surface area (Å²) in [5.41, 5.74) is 3.83. The van der Waals surface area contributed by atoms with E-state index in [4.69, 9.17) is 19.0 Å². The molecular weight excluding hydrogens is 591 g/mol. The van der Waals surface area contributed by atoms with Crippen LogP contribution < -0.4 is 4.74 Å². The van der Waals surface area contributed by atoms with Crippen LogP contribution in [0.1, 0.15) is 58.8 Å². The lowest BCUT2D eigenvalue weighted by molar-refractivity contribution is -0.152. The molecule has 4 rings (SSSR count). The fraction of sp³-hybridized carbons (Fsp3) is 0.333. The minimum Gasteiger partial charge on any atom is -0.487 e. The molecule has 0 bridgehead atoms. The highest BCUT2D eigenvalue weighted by Gasteiger charge is 2.29. The van der Waals surface area contributed by atoms with Crippen molar-refractivity contribution in [3.05, 3.63) is 101 Å². The summed E-state index contributed by atoms with van der Waals surface area (Å²) in [5.74, 6) is -0.141. The van der Waals surface area contributed by atoms with Gasteiger partial charge in [-0.05, 0) is 85.7 Å². The molecule has 0 radical (unpaired) electrons. The number of aromatic nitrogens is 3. The molecule has 1 unspecified atom stereocenters. The molecule has 4 aromatic rings. The van der Waals surface area contributed by atoms with Gasteiger partial charge in [0, 0.05) is 24.4 Å². The predicted molar refractivity (Wildman–Crippen MR) is 159 cm³/mol. The summed E-state index contributed by atoms with van der Waals surface area (Å²) in [4.78, 5) is 26.1. The number of aryl methyl sites for hydroxylation is 3. The van der Waals surface area contributed by atoms with E-state index >= 15 is 0 Å². The molecule has 0 fully saturated rings. The number of unbranched alkanes of at least 4 members (excludes halogenated alkanes) is 1. The van der Waals surface area contributed by atoms with Crippen LogP contribution in [0, 0.1) is 6.92 Å². The van der Waals surface area contributed by atoms with Crippen molar-refractivity contribution in [2.24, 2.45) is 0 Å². The van der Waals surface area contributed by atoms with Gasteiger partial charge in [-0.15, -0.1) is 0 Å². The van der Waals surface area contributed by atoms with Gasteiger partial charge in [0.25, 0.3) is 0 Å². The van der Waals surface area contributed by atoms with Crippen LogP contribution in [0.2, 0.25) is 0 Å². The number of carbonyl (C=O) groups is 2. The minimum absolute atomic E-state index is 0.147. The highest BCUT2D eigenvalue weighted by molar-refractivity contribution is 5.75. The van der Waals surface area contributed by atoms with Gasteiger partial charge in [-0.2, -0.15) is 18.3 Å². The van der Waals surface area contributed by atoms with Crippen LogP contribution in [0.3, 0.4) is 0 Å². The summed E-state index contributed by atoms with van der Waals surface area (Å²) in [6.45, 7) is 2.78. The van der Waals surface area contributed by atoms with Crippen molar-refractivity contribution < 1.29 is 41.8 Å².